The normalized spacial score (nSPS) is 33.0. The predicted molar refractivity (Wildman–Crippen MR) is 126 cm³/mol. The van der Waals surface area contributed by atoms with Crippen LogP contribution in [0.25, 0.3) is 0 Å². The van der Waals surface area contributed by atoms with Crippen LogP contribution in [0.1, 0.15) is 76.8 Å². The highest BCUT2D eigenvalue weighted by Gasteiger charge is 2.68. The molecule has 9 heteroatoms. The molecule has 1 aromatic rings. The topological polar surface area (TPSA) is 56.8 Å². The molecule has 0 spiro atoms. The third kappa shape index (κ3) is 4.70. The molecule has 5 nitrogen and oxygen atoms in total. The van der Waals surface area contributed by atoms with Gasteiger partial charge in [-0.2, -0.15) is 13.2 Å². The number of amides is 1. The molecule has 35 heavy (non-hydrogen) atoms. The van der Waals surface area contributed by atoms with Crippen molar-refractivity contribution in [2.24, 2.45) is 17.3 Å². The van der Waals surface area contributed by atoms with Crippen molar-refractivity contribution in [3.63, 3.8) is 0 Å². The van der Waals surface area contributed by atoms with Gasteiger partial charge in [-0.05, 0) is 86.8 Å². The van der Waals surface area contributed by atoms with E-state index in [9.17, 15) is 18.0 Å². The summed E-state index contributed by atoms with van der Waals surface area (Å²) in [6.07, 6.45) is 2.17. The van der Waals surface area contributed by atoms with Gasteiger partial charge in [0.2, 0.25) is 0 Å². The summed E-state index contributed by atoms with van der Waals surface area (Å²) >= 11 is 0. The number of nitrogens with one attached hydrogen (secondary N) is 1. The molecular formula is C26H35BF3NO4. The van der Waals surface area contributed by atoms with Crippen molar-refractivity contribution in [2.75, 3.05) is 0 Å². The Balaban J connectivity index is 1.32. The second-order valence-electron chi connectivity index (χ2n) is 11.7. The van der Waals surface area contributed by atoms with Gasteiger partial charge in [-0.15, -0.1) is 0 Å². The Morgan fingerprint density at radius 3 is 2.46 bits per heavy atom. The molecule has 5 fully saturated rings. The fourth-order valence-corrected chi connectivity index (χ4v) is 6.89. The lowest BCUT2D eigenvalue weighted by molar-refractivity contribution is -0.199. The van der Waals surface area contributed by atoms with Crippen molar-refractivity contribution in [3.8, 4) is 0 Å². The monoisotopic (exact) mass is 493 g/mol. The number of alkyl halides is 3. The Morgan fingerprint density at radius 1 is 1.14 bits per heavy atom. The number of rotatable bonds is 5. The molecule has 5 atom stereocenters. The van der Waals surface area contributed by atoms with E-state index in [0.29, 0.717) is 17.4 Å². The third-order valence-corrected chi connectivity index (χ3v) is 9.16. The summed E-state index contributed by atoms with van der Waals surface area (Å²) in [5, 5.41) is 2.94. The van der Waals surface area contributed by atoms with Gasteiger partial charge in [0.25, 0.3) is 0 Å². The van der Waals surface area contributed by atoms with Crippen LogP contribution in [0.15, 0.2) is 24.3 Å². The van der Waals surface area contributed by atoms with E-state index in [-0.39, 0.29) is 24.0 Å². The first-order valence-electron chi connectivity index (χ1n) is 12.9. The molecule has 0 unspecified atom stereocenters. The van der Waals surface area contributed by atoms with Gasteiger partial charge >= 0.3 is 19.4 Å². The van der Waals surface area contributed by atoms with Crippen LogP contribution in [0.5, 0.6) is 0 Å². The third-order valence-electron chi connectivity index (χ3n) is 9.16. The van der Waals surface area contributed by atoms with Crippen LogP contribution >= 0.6 is 0 Å². The number of halogens is 3. The highest BCUT2D eigenvalue weighted by atomic mass is 19.4. The lowest BCUT2D eigenvalue weighted by atomic mass is 9.43. The minimum Gasteiger partial charge on any atom is -0.446 e. The summed E-state index contributed by atoms with van der Waals surface area (Å²) in [6, 6.07) is 5.05. The number of carbonyl (C=O) groups excluding carboxylic acids is 1. The average molecular weight is 493 g/mol. The summed E-state index contributed by atoms with van der Waals surface area (Å²) in [4.78, 5) is 12.8. The Hall–Kier alpha value is -1.74. The van der Waals surface area contributed by atoms with E-state index in [4.69, 9.17) is 14.0 Å². The van der Waals surface area contributed by atoms with Gasteiger partial charge in [0.1, 0.15) is 6.10 Å². The maximum Gasteiger partial charge on any atom is 0.482 e. The first-order valence-corrected chi connectivity index (χ1v) is 12.9. The Kier molecular flexibility index (Phi) is 6.40. The summed E-state index contributed by atoms with van der Waals surface area (Å²) < 4.78 is 57.7. The molecule has 4 aliphatic carbocycles. The van der Waals surface area contributed by atoms with Crippen molar-refractivity contribution in [1.29, 1.82) is 0 Å². The van der Waals surface area contributed by atoms with Crippen molar-refractivity contribution >= 4 is 13.2 Å². The number of hydrogen-bond acceptors (Lipinski definition) is 4. The van der Waals surface area contributed by atoms with Gasteiger partial charge < -0.3 is 19.4 Å². The molecule has 1 N–H and O–H groups in total. The quantitative estimate of drug-likeness (QED) is 0.516. The van der Waals surface area contributed by atoms with Crippen LogP contribution in [0.4, 0.5) is 18.0 Å². The molecule has 5 aliphatic rings. The summed E-state index contributed by atoms with van der Waals surface area (Å²) in [5.74, 6) is 0.376. The Labute approximate surface area is 205 Å². The highest BCUT2D eigenvalue weighted by molar-refractivity contribution is 6.47. The van der Waals surface area contributed by atoms with E-state index in [1.54, 1.807) is 0 Å². The van der Waals surface area contributed by atoms with Gasteiger partial charge in [-0.25, -0.2) is 4.79 Å². The second kappa shape index (κ2) is 8.98. The maximum absolute atomic E-state index is 13.0. The van der Waals surface area contributed by atoms with Crippen molar-refractivity contribution in [3.05, 3.63) is 35.4 Å². The first-order chi connectivity index (χ1) is 16.5. The Morgan fingerprint density at radius 2 is 1.83 bits per heavy atom. The van der Waals surface area contributed by atoms with Gasteiger partial charge in [-0.1, -0.05) is 32.4 Å². The minimum atomic E-state index is -4.39. The smallest absolute Gasteiger partial charge is 0.446 e. The zero-order valence-corrected chi connectivity index (χ0v) is 20.7. The van der Waals surface area contributed by atoms with Crippen molar-refractivity contribution in [2.45, 2.75) is 102 Å². The van der Waals surface area contributed by atoms with E-state index >= 15 is 0 Å². The molecule has 6 rings (SSSR count). The zero-order chi connectivity index (χ0) is 25.0. The average Bonchev–Trinajstić information content (AvgIpc) is 3.16. The number of benzene rings is 1. The largest absolute Gasteiger partial charge is 0.482 e. The minimum absolute atomic E-state index is 0.0597. The van der Waals surface area contributed by atoms with Gasteiger partial charge in [0.15, 0.2) is 0 Å². The molecule has 1 amide bonds. The lowest BCUT2D eigenvalue weighted by Gasteiger charge is -2.64. The van der Waals surface area contributed by atoms with E-state index < -0.39 is 36.5 Å². The molecule has 1 aromatic carbocycles. The van der Waals surface area contributed by atoms with Crippen LogP contribution < -0.4 is 5.32 Å². The Bertz CT molecular complexity index is 934. The summed E-state index contributed by atoms with van der Waals surface area (Å²) in [7, 11) is -0.693. The highest BCUT2D eigenvalue weighted by Crippen LogP contribution is 2.65. The van der Waals surface area contributed by atoms with Crippen LogP contribution in [-0.2, 0) is 26.6 Å². The first kappa shape index (κ1) is 24.9. The lowest BCUT2D eigenvalue weighted by Crippen LogP contribution is -2.65. The number of alkyl carbamates (subject to hydrolysis) is 1. The molecule has 0 aromatic heterocycles. The molecule has 0 radical (unpaired) electrons. The number of carbonyl (C=O) groups is 1. The van der Waals surface area contributed by atoms with E-state index in [1.807, 2.05) is 0 Å². The van der Waals surface area contributed by atoms with E-state index in [1.165, 1.54) is 12.1 Å². The maximum atomic E-state index is 13.0. The van der Waals surface area contributed by atoms with Crippen LogP contribution in [0.3, 0.4) is 0 Å². The zero-order valence-electron chi connectivity index (χ0n) is 20.7. The van der Waals surface area contributed by atoms with Crippen molar-refractivity contribution in [1.82, 2.24) is 5.32 Å². The van der Waals surface area contributed by atoms with Crippen LogP contribution in [0, 0.1) is 17.3 Å². The molecule has 2 bridgehead atoms. The fourth-order valence-electron chi connectivity index (χ4n) is 6.89. The van der Waals surface area contributed by atoms with Gasteiger partial charge in [-0.3, -0.25) is 0 Å². The van der Waals surface area contributed by atoms with Gasteiger partial charge in [0.05, 0.1) is 23.2 Å². The molecule has 1 saturated heterocycles. The van der Waals surface area contributed by atoms with Crippen molar-refractivity contribution < 1.29 is 32.0 Å². The SMILES string of the molecule is CC1(C)[C@@H]2C[C@H]3OB([C@H](Cc4ccc(C(F)(F)F)cc4)NC(=O)OC4CCCCC4)O[C@@]3(C)[C@H]1C2. The van der Waals surface area contributed by atoms with E-state index in [2.05, 4.69) is 26.1 Å². The van der Waals surface area contributed by atoms with Gasteiger partial charge in [0, 0.05) is 0 Å². The predicted octanol–water partition coefficient (Wildman–Crippen LogP) is 5.94. The molecule has 4 saturated carbocycles. The number of hydrogen-bond donors (Lipinski definition) is 1. The summed E-state index contributed by atoms with van der Waals surface area (Å²) in [5.41, 5.74) is -0.301. The van der Waals surface area contributed by atoms with E-state index in [0.717, 1.165) is 57.1 Å². The molecule has 1 heterocycles. The summed E-state index contributed by atoms with van der Waals surface area (Å²) in [6.45, 7) is 6.67. The fraction of sp³-hybridized carbons (Fsp3) is 0.731. The second-order valence-corrected chi connectivity index (χ2v) is 11.7. The van der Waals surface area contributed by atoms with Crippen LogP contribution in [-0.4, -0.2) is 37.0 Å². The molecule has 1 aliphatic heterocycles. The standard InChI is InChI=1S/C26H35BF3NO4/c1-24(2)18-14-20(24)25(3)21(15-18)34-27(35-25)22(31-23(32)33-19-7-5-4-6-8-19)13-16-9-11-17(12-10-16)26(28,29)30/h9-12,18-22H,4-8,13-15H2,1-3H3,(H,31,32)/t18-,20-,21+,22-,25-/m0/s1. The van der Waals surface area contributed by atoms with Crippen LogP contribution in [0.2, 0.25) is 0 Å². The number of ether oxygens (including phenoxy) is 1. The molecular weight excluding hydrogens is 458 g/mol. The molecule has 192 valence electrons.